The van der Waals surface area contributed by atoms with Crippen molar-refractivity contribution in [1.82, 2.24) is 29.6 Å². The summed E-state index contributed by atoms with van der Waals surface area (Å²) >= 11 is 0. The van der Waals surface area contributed by atoms with Gasteiger partial charge >= 0.3 is 0 Å². The van der Waals surface area contributed by atoms with Gasteiger partial charge < -0.3 is 15.2 Å². The number of amides is 1. The number of fused-ring (bicyclic) bond motifs is 1. The second-order valence-electron chi connectivity index (χ2n) is 8.81. The number of aryl methyl sites for hydroxylation is 1. The fraction of sp³-hybridized carbons (Fsp3) is 0.375. The van der Waals surface area contributed by atoms with E-state index in [1.165, 1.54) is 18.0 Å². The number of aromatic nitrogens is 5. The molecule has 0 unspecified atom stereocenters. The predicted molar refractivity (Wildman–Crippen MR) is 124 cm³/mol. The van der Waals surface area contributed by atoms with E-state index in [9.17, 15) is 4.79 Å². The second-order valence-corrected chi connectivity index (χ2v) is 8.81. The van der Waals surface area contributed by atoms with Gasteiger partial charge in [0.2, 0.25) is 5.91 Å². The molecule has 5 rings (SSSR count). The zero-order valence-corrected chi connectivity index (χ0v) is 18.3. The van der Waals surface area contributed by atoms with E-state index in [4.69, 9.17) is 5.73 Å². The smallest absolute Gasteiger partial charge is 0.245 e. The average Bonchev–Trinajstić information content (AvgIpc) is 3.14. The molecule has 4 heterocycles. The molecule has 1 fully saturated rings. The third kappa shape index (κ3) is 3.26. The minimum atomic E-state index is 0.0368. The van der Waals surface area contributed by atoms with Crippen LogP contribution < -0.4 is 5.73 Å². The molecule has 0 atom stereocenters. The summed E-state index contributed by atoms with van der Waals surface area (Å²) in [6.07, 6.45) is 12.1. The summed E-state index contributed by atoms with van der Waals surface area (Å²) < 4.78 is 2.10. The molecule has 1 spiro atoms. The highest BCUT2D eigenvalue weighted by atomic mass is 16.2. The molecule has 8 nitrogen and oxygen atoms in total. The van der Waals surface area contributed by atoms with Crippen LogP contribution in [0.2, 0.25) is 0 Å². The highest BCUT2D eigenvalue weighted by molar-refractivity contribution is 6.05. The fourth-order valence-corrected chi connectivity index (χ4v) is 5.28. The van der Waals surface area contributed by atoms with E-state index >= 15 is 0 Å². The Morgan fingerprint density at radius 2 is 2.06 bits per heavy atom. The molecular formula is C24H27N7O. The maximum Gasteiger partial charge on any atom is 0.245 e. The van der Waals surface area contributed by atoms with Gasteiger partial charge in [0.25, 0.3) is 0 Å². The summed E-state index contributed by atoms with van der Waals surface area (Å²) in [5.41, 5.74) is 11.4. The van der Waals surface area contributed by atoms with Gasteiger partial charge in [-0.05, 0) is 61.3 Å². The Bertz CT molecular complexity index is 1220. The van der Waals surface area contributed by atoms with E-state index in [-0.39, 0.29) is 11.3 Å². The third-order valence-corrected chi connectivity index (χ3v) is 7.15. The molecule has 8 heteroatoms. The number of hydrogen-bond donors (Lipinski definition) is 1. The Morgan fingerprint density at radius 1 is 1.25 bits per heavy atom. The zero-order chi connectivity index (χ0) is 22.3. The number of allylic oxidation sites excluding steroid dienone is 2. The Morgan fingerprint density at radius 3 is 2.72 bits per heavy atom. The van der Waals surface area contributed by atoms with E-state index < -0.39 is 0 Å². The minimum absolute atomic E-state index is 0.0368. The van der Waals surface area contributed by atoms with Crippen LogP contribution in [0.4, 0.5) is 5.82 Å². The topological polar surface area (TPSA) is 103 Å². The van der Waals surface area contributed by atoms with Crippen molar-refractivity contribution < 1.29 is 4.79 Å². The molecule has 32 heavy (non-hydrogen) atoms. The van der Waals surface area contributed by atoms with Gasteiger partial charge in [-0.25, -0.2) is 9.97 Å². The molecule has 2 aliphatic rings. The largest absolute Gasteiger partial charge is 0.383 e. The summed E-state index contributed by atoms with van der Waals surface area (Å²) in [6.45, 7) is 5.23. The summed E-state index contributed by atoms with van der Waals surface area (Å²) in [6, 6.07) is 3.84. The van der Waals surface area contributed by atoms with Gasteiger partial charge in [0.15, 0.2) is 0 Å². The van der Waals surface area contributed by atoms with Crippen LogP contribution in [0.5, 0.6) is 0 Å². The maximum absolute atomic E-state index is 12.0. The van der Waals surface area contributed by atoms with Crippen molar-refractivity contribution in [2.24, 2.45) is 12.5 Å². The number of carbonyl (C=O) groups is 1. The van der Waals surface area contributed by atoms with E-state index in [1.54, 1.807) is 6.20 Å². The first kappa shape index (κ1) is 20.4. The van der Waals surface area contributed by atoms with E-state index in [0.717, 1.165) is 73.2 Å². The molecular weight excluding hydrogens is 402 g/mol. The van der Waals surface area contributed by atoms with Crippen molar-refractivity contribution in [2.75, 3.05) is 18.8 Å². The number of rotatable bonds is 3. The highest BCUT2D eigenvalue weighted by Gasteiger charge is 2.37. The van der Waals surface area contributed by atoms with Crippen molar-refractivity contribution in [3.8, 4) is 11.3 Å². The molecule has 0 radical (unpaired) electrons. The van der Waals surface area contributed by atoms with Crippen molar-refractivity contribution in [3.63, 3.8) is 0 Å². The molecule has 3 aromatic rings. The third-order valence-electron chi connectivity index (χ3n) is 7.15. The average molecular weight is 430 g/mol. The molecule has 0 saturated carbocycles. The van der Waals surface area contributed by atoms with Crippen molar-refractivity contribution in [1.29, 1.82) is 0 Å². The maximum atomic E-state index is 12.0. The van der Waals surface area contributed by atoms with Gasteiger partial charge in [0.1, 0.15) is 17.8 Å². The predicted octanol–water partition coefficient (Wildman–Crippen LogP) is 3.37. The van der Waals surface area contributed by atoms with E-state index in [1.807, 2.05) is 24.1 Å². The van der Waals surface area contributed by atoms with Crippen LogP contribution in [0, 0.1) is 5.41 Å². The standard InChI is InChI=1S/C24H27N7O/c1-3-18(32)31-13-10-24(11-14-31)8-6-16(7-9-24)21-19(17-5-4-12-28-29-17)20-22(25)26-15-27-23(20)30(21)2/h3-6,12,15H,1,7-11,13-14H2,2H3,(H2,25,26,27). The fourth-order valence-electron chi connectivity index (χ4n) is 5.28. The second kappa shape index (κ2) is 7.85. The Labute approximate surface area is 186 Å². The Balaban J connectivity index is 1.53. The molecule has 1 aliphatic heterocycles. The number of nitrogen functional groups attached to an aromatic ring is 1. The number of nitrogens with zero attached hydrogens (tertiary/aromatic N) is 6. The van der Waals surface area contributed by atoms with Crippen LogP contribution in [0.25, 0.3) is 27.9 Å². The van der Waals surface area contributed by atoms with Crippen LogP contribution in [-0.2, 0) is 11.8 Å². The van der Waals surface area contributed by atoms with Gasteiger partial charge in [0, 0.05) is 31.9 Å². The quantitative estimate of drug-likeness (QED) is 0.641. The van der Waals surface area contributed by atoms with Gasteiger partial charge in [-0.3, -0.25) is 4.79 Å². The Kier molecular flexibility index (Phi) is 5.00. The summed E-state index contributed by atoms with van der Waals surface area (Å²) in [4.78, 5) is 22.6. The number of piperidine rings is 1. The van der Waals surface area contributed by atoms with Crippen molar-refractivity contribution in [3.05, 3.63) is 49.1 Å². The lowest BCUT2D eigenvalue weighted by molar-refractivity contribution is -0.128. The highest BCUT2D eigenvalue weighted by Crippen LogP contribution is 2.48. The van der Waals surface area contributed by atoms with Crippen LogP contribution in [0.3, 0.4) is 0 Å². The van der Waals surface area contributed by atoms with Crippen LogP contribution in [0.1, 0.15) is 37.8 Å². The monoisotopic (exact) mass is 429 g/mol. The van der Waals surface area contributed by atoms with Crippen LogP contribution in [-0.4, -0.2) is 48.6 Å². The number of hydrogen-bond acceptors (Lipinski definition) is 6. The molecule has 2 N–H and O–H groups in total. The lowest BCUT2D eigenvalue weighted by atomic mass is 9.68. The molecule has 3 aromatic heterocycles. The zero-order valence-electron chi connectivity index (χ0n) is 18.3. The summed E-state index contributed by atoms with van der Waals surface area (Å²) in [5, 5.41) is 9.29. The normalized spacial score (nSPS) is 18.0. The van der Waals surface area contributed by atoms with E-state index in [2.05, 4.69) is 37.4 Å². The van der Waals surface area contributed by atoms with E-state index in [0.29, 0.717) is 5.82 Å². The van der Waals surface area contributed by atoms with Gasteiger partial charge in [-0.1, -0.05) is 12.7 Å². The number of anilines is 1. The molecule has 0 bridgehead atoms. The molecule has 1 saturated heterocycles. The number of likely N-dealkylation sites (tertiary alicyclic amines) is 1. The lowest BCUT2D eigenvalue weighted by Gasteiger charge is -2.43. The first-order valence-corrected chi connectivity index (χ1v) is 11.0. The van der Waals surface area contributed by atoms with Crippen molar-refractivity contribution >= 4 is 28.3 Å². The van der Waals surface area contributed by atoms with Gasteiger partial charge in [-0.15, -0.1) is 0 Å². The molecule has 0 aromatic carbocycles. The Hall–Kier alpha value is -3.55. The lowest BCUT2D eigenvalue weighted by Crippen LogP contribution is -2.43. The first-order chi connectivity index (χ1) is 15.5. The number of carbonyl (C=O) groups excluding carboxylic acids is 1. The van der Waals surface area contributed by atoms with Gasteiger partial charge in [0.05, 0.1) is 16.8 Å². The number of nitrogens with two attached hydrogens (primary N) is 1. The van der Waals surface area contributed by atoms with Crippen molar-refractivity contribution in [2.45, 2.75) is 32.1 Å². The SMILES string of the molecule is C=CC(=O)N1CCC2(CC=C(c3c(-c4cccnn4)c4c(N)ncnc4n3C)CC2)CC1. The first-order valence-electron chi connectivity index (χ1n) is 11.0. The van der Waals surface area contributed by atoms with Gasteiger partial charge in [-0.2, -0.15) is 10.2 Å². The minimum Gasteiger partial charge on any atom is -0.383 e. The molecule has 164 valence electrons. The molecule has 1 aliphatic carbocycles. The molecule has 1 amide bonds. The summed E-state index contributed by atoms with van der Waals surface area (Å²) in [5.74, 6) is 0.486. The summed E-state index contributed by atoms with van der Waals surface area (Å²) in [7, 11) is 2.02. The van der Waals surface area contributed by atoms with Crippen LogP contribution in [0.15, 0.2) is 43.4 Å². The van der Waals surface area contributed by atoms with Crippen LogP contribution >= 0.6 is 0 Å².